The van der Waals surface area contributed by atoms with Gasteiger partial charge in [0.2, 0.25) is 0 Å². The molecule has 2 fully saturated rings. The van der Waals surface area contributed by atoms with Crippen molar-refractivity contribution in [3.63, 3.8) is 0 Å². The maximum Gasteiger partial charge on any atom is 0.311 e. The van der Waals surface area contributed by atoms with E-state index in [2.05, 4.69) is 50.2 Å². The molecule has 0 N–H and O–H groups in total. The number of ether oxygens (including phenoxy) is 1. The molecule has 2 heterocycles. The van der Waals surface area contributed by atoms with Gasteiger partial charge in [0.25, 0.3) is 0 Å². The summed E-state index contributed by atoms with van der Waals surface area (Å²) in [6.07, 6.45) is 3.41. The topological polar surface area (TPSA) is 43.4 Å². The fourth-order valence-corrected chi connectivity index (χ4v) is 9.34. The van der Waals surface area contributed by atoms with E-state index in [0.29, 0.717) is 0 Å². The van der Waals surface area contributed by atoms with Crippen LogP contribution in [0.15, 0.2) is 71.8 Å². The van der Waals surface area contributed by atoms with Gasteiger partial charge in [-0.2, -0.15) is 0 Å². The number of methoxy groups -OCH3 is 1. The largest absolute Gasteiger partial charge is 0.469 e. The first kappa shape index (κ1) is 19.7. The molecule has 0 radical (unpaired) electrons. The SMILES string of the molecule is COC(=O)C1C2(C)C(Cc3ccccc3)=C(Cc3ccccc3)C(C)(S2=O)C12CC2. The van der Waals surface area contributed by atoms with Crippen LogP contribution in [0, 0.1) is 11.3 Å². The summed E-state index contributed by atoms with van der Waals surface area (Å²) < 4.78 is 18.3. The Bertz CT molecular complexity index is 1050. The summed E-state index contributed by atoms with van der Waals surface area (Å²) in [6.45, 7) is 4.22. The number of esters is 1. The Morgan fingerprint density at radius 3 is 1.90 bits per heavy atom. The first-order chi connectivity index (χ1) is 14.4. The molecule has 156 valence electrons. The van der Waals surface area contributed by atoms with E-state index in [1.54, 1.807) is 0 Å². The lowest BCUT2D eigenvalue weighted by Gasteiger charge is -2.40. The van der Waals surface area contributed by atoms with Crippen molar-refractivity contribution < 1.29 is 13.7 Å². The van der Waals surface area contributed by atoms with E-state index in [9.17, 15) is 9.00 Å². The lowest BCUT2D eigenvalue weighted by molar-refractivity contribution is -0.149. The van der Waals surface area contributed by atoms with Gasteiger partial charge in [-0.25, -0.2) is 0 Å². The Balaban J connectivity index is 1.71. The first-order valence-electron chi connectivity index (χ1n) is 10.7. The molecule has 5 rings (SSSR count). The van der Waals surface area contributed by atoms with E-state index in [0.717, 1.165) is 25.7 Å². The summed E-state index contributed by atoms with van der Waals surface area (Å²) in [5, 5.41) is 0. The van der Waals surface area contributed by atoms with Crippen molar-refractivity contribution >= 4 is 16.8 Å². The van der Waals surface area contributed by atoms with Gasteiger partial charge in [0, 0.05) is 16.2 Å². The lowest BCUT2D eigenvalue weighted by Crippen LogP contribution is -2.47. The number of hydrogen-bond acceptors (Lipinski definition) is 3. The molecule has 30 heavy (non-hydrogen) atoms. The first-order valence-corrected chi connectivity index (χ1v) is 11.8. The van der Waals surface area contributed by atoms with Crippen LogP contribution < -0.4 is 0 Å². The molecule has 2 aliphatic heterocycles. The molecular weight excluding hydrogens is 392 g/mol. The molecule has 2 aromatic rings. The van der Waals surface area contributed by atoms with Gasteiger partial charge >= 0.3 is 5.97 Å². The highest BCUT2D eigenvalue weighted by Crippen LogP contribution is 2.78. The van der Waals surface area contributed by atoms with E-state index in [-0.39, 0.29) is 17.3 Å². The normalized spacial score (nSPS) is 33.2. The van der Waals surface area contributed by atoms with Crippen molar-refractivity contribution in [2.24, 2.45) is 11.3 Å². The van der Waals surface area contributed by atoms with Crippen molar-refractivity contribution in [3.05, 3.63) is 82.9 Å². The van der Waals surface area contributed by atoms with Crippen molar-refractivity contribution in [1.29, 1.82) is 0 Å². The smallest absolute Gasteiger partial charge is 0.311 e. The van der Waals surface area contributed by atoms with Gasteiger partial charge < -0.3 is 4.74 Å². The summed E-state index contributed by atoms with van der Waals surface area (Å²) in [5.41, 5.74) is 4.67. The van der Waals surface area contributed by atoms with Crippen molar-refractivity contribution in [2.75, 3.05) is 7.11 Å². The molecule has 2 aromatic carbocycles. The quantitative estimate of drug-likeness (QED) is 0.523. The van der Waals surface area contributed by atoms with Crippen LogP contribution in [0.2, 0.25) is 0 Å². The number of benzene rings is 2. The lowest BCUT2D eigenvalue weighted by atomic mass is 9.60. The number of carbonyl (C=O) groups excluding carboxylic acids is 1. The Morgan fingerprint density at radius 1 is 0.933 bits per heavy atom. The standard InChI is InChI=1S/C26H28O3S/c1-24-20(16-18-10-6-4-7-11-18)21(17-19-12-8-5-9-13-19)25(2,30(24)28)26(14-15-26)22(24)23(27)29-3/h4-13,22H,14-17H2,1-3H3. The molecule has 2 bridgehead atoms. The van der Waals surface area contributed by atoms with Crippen molar-refractivity contribution in [1.82, 2.24) is 0 Å². The molecule has 0 amide bonds. The van der Waals surface area contributed by atoms with Crippen LogP contribution in [0.3, 0.4) is 0 Å². The molecule has 3 nitrogen and oxygen atoms in total. The molecular formula is C26H28O3S. The van der Waals surface area contributed by atoms with Crippen LogP contribution in [-0.4, -0.2) is 26.8 Å². The zero-order valence-electron chi connectivity index (χ0n) is 17.8. The zero-order valence-corrected chi connectivity index (χ0v) is 18.6. The van der Waals surface area contributed by atoms with Gasteiger partial charge in [-0.15, -0.1) is 0 Å². The molecule has 4 heteroatoms. The fraction of sp³-hybridized carbons (Fsp3) is 0.423. The van der Waals surface area contributed by atoms with Crippen molar-refractivity contribution in [3.8, 4) is 0 Å². The number of rotatable bonds is 5. The summed E-state index contributed by atoms with van der Waals surface area (Å²) in [5.74, 6) is -0.532. The zero-order chi connectivity index (χ0) is 21.1. The van der Waals surface area contributed by atoms with E-state index in [1.165, 1.54) is 29.4 Å². The van der Waals surface area contributed by atoms with Crippen LogP contribution in [0.25, 0.3) is 0 Å². The monoisotopic (exact) mass is 420 g/mol. The summed E-state index contributed by atoms with van der Waals surface area (Å²) in [7, 11) is 0.289. The summed E-state index contributed by atoms with van der Waals surface area (Å²) >= 11 is 0. The van der Waals surface area contributed by atoms with Gasteiger partial charge in [-0.3, -0.25) is 9.00 Å². The minimum absolute atomic E-state index is 0.198. The highest BCUT2D eigenvalue weighted by atomic mass is 32.2. The second kappa shape index (κ2) is 6.65. The predicted molar refractivity (Wildman–Crippen MR) is 119 cm³/mol. The van der Waals surface area contributed by atoms with E-state index in [1.807, 2.05) is 24.3 Å². The maximum atomic E-state index is 14.2. The van der Waals surface area contributed by atoms with Gasteiger partial charge in [0.1, 0.15) is 0 Å². The highest BCUT2D eigenvalue weighted by Gasteiger charge is 2.82. The van der Waals surface area contributed by atoms with Crippen LogP contribution >= 0.6 is 0 Å². The average Bonchev–Trinajstić information content (AvgIpc) is 3.52. The van der Waals surface area contributed by atoms with E-state index < -0.39 is 20.3 Å². The molecule has 1 saturated carbocycles. The highest BCUT2D eigenvalue weighted by molar-refractivity contribution is 7.89. The molecule has 0 aromatic heterocycles. The minimum Gasteiger partial charge on any atom is -0.469 e. The van der Waals surface area contributed by atoms with Crippen LogP contribution in [0.1, 0.15) is 37.8 Å². The Morgan fingerprint density at radius 2 is 1.43 bits per heavy atom. The fourth-order valence-electron chi connectivity index (χ4n) is 6.43. The Hall–Kier alpha value is -2.20. The molecule has 1 aliphatic carbocycles. The van der Waals surface area contributed by atoms with Gasteiger partial charge in [-0.05, 0) is 61.8 Å². The van der Waals surface area contributed by atoms with Crippen molar-refractivity contribution in [2.45, 2.75) is 49.0 Å². The van der Waals surface area contributed by atoms with E-state index in [4.69, 9.17) is 4.74 Å². The van der Waals surface area contributed by atoms with Gasteiger partial charge in [0.15, 0.2) is 0 Å². The molecule has 1 saturated heterocycles. The van der Waals surface area contributed by atoms with Crippen LogP contribution in [0.5, 0.6) is 0 Å². The Kier molecular flexibility index (Phi) is 4.38. The van der Waals surface area contributed by atoms with Crippen LogP contribution in [-0.2, 0) is 33.2 Å². The number of carbonyl (C=O) groups is 1. The molecule has 1 spiro atoms. The third-order valence-corrected chi connectivity index (χ3v) is 10.7. The predicted octanol–water partition coefficient (Wildman–Crippen LogP) is 4.63. The molecule has 4 unspecified atom stereocenters. The minimum atomic E-state index is -1.17. The molecule has 3 aliphatic rings. The Labute approximate surface area is 181 Å². The summed E-state index contributed by atoms with van der Waals surface area (Å²) in [4.78, 5) is 13.0. The van der Waals surface area contributed by atoms with Gasteiger partial charge in [-0.1, -0.05) is 60.7 Å². The van der Waals surface area contributed by atoms with E-state index >= 15 is 0 Å². The maximum absolute atomic E-state index is 14.2. The summed E-state index contributed by atoms with van der Waals surface area (Å²) in [6, 6.07) is 20.8. The van der Waals surface area contributed by atoms with Crippen LogP contribution in [0.4, 0.5) is 0 Å². The second-order valence-corrected chi connectivity index (χ2v) is 11.5. The second-order valence-electron chi connectivity index (χ2n) is 9.30. The number of hydrogen-bond donors (Lipinski definition) is 0. The average molecular weight is 421 g/mol. The van der Waals surface area contributed by atoms with Gasteiger partial charge in [0.05, 0.1) is 22.5 Å². The third-order valence-electron chi connectivity index (χ3n) is 8.02. The molecule has 4 atom stereocenters. The number of fused-ring (bicyclic) bond motifs is 3. The third kappa shape index (κ3) is 2.37.